The Bertz CT molecular complexity index is 438. The van der Waals surface area contributed by atoms with Crippen molar-refractivity contribution in [3.63, 3.8) is 0 Å². The summed E-state index contributed by atoms with van der Waals surface area (Å²) in [5.41, 5.74) is 0.208. The van der Waals surface area contributed by atoms with Crippen molar-refractivity contribution in [2.24, 2.45) is 0 Å². The predicted octanol–water partition coefficient (Wildman–Crippen LogP) is 0.554. The number of anilines is 2. The van der Waals surface area contributed by atoms with Crippen LogP contribution in [0.25, 0.3) is 0 Å². The second-order valence-electron chi connectivity index (χ2n) is 3.81. The summed E-state index contributed by atoms with van der Waals surface area (Å²) in [5.74, 6) is 0.592. The summed E-state index contributed by atoms with van der Waals surface area (Å²) in [6.45, 7) is 2.09. The third kappa shape index (κ3) is 3.04. The van der Waals surface area contributed by atoms with Gasteiger partial charge in [0.2, 0.25) is 11.8 Å². The smallest absolute Gasteiger partial charge is 0.332 e. The van der Waals surface area contributed by atoms with Crippen LogP contribution in [0.15, 0.2) is 0 Å². The second kappa shape index (κ2) is 6.10. The van der Waals surface area contributed by atoms with Crippen LogP contribution in [0, 0.1) is 17.0 Å². The fourth-order valence-electron chi connectivity index (χ4n) is 1.56. The predicted molar refractivity (Wildman–Crippen MR) is 67.9 cm³/mol. The SMILES string of the molecule is CNc1nc(C)c([N+](=O)[O-])c(N(C)CCCO)n1. The number of aliphatic hydroxyl groups excluding tert-OH is 1. The standard InChI is InChI=1S/C10H17N5O3/c1-7-8(15(17)18)9(13-10(11-2)12-7)14(3)5-4-6-16/h16H,4-6H2,1-3H3,(H,11,12,13). The van der Waals surface area contributed by atoms with Gasteiger partial charge in [0.1, 0.15) is 5.69 Å². The van der Waals surface area contributed by atoms with Crippen molar-refractivity contribution in [2.45, 2.75) is 13.3 Å². The lowest BCUT2D eigenvalue weighted by Gasteiger charge is -2.18. The molecule has 0 aliphatic heterocycles. The number of nitrogens with one attached hydrogen (secondary N) is 1. The number of nitrogens with zero attached hydrogens (tertiary/aromatic N) is 4. The molecule has 0 aliphatic rings. The first-order valence-corrected chi connectivity index (χ1v) is 5.54. The van der Waals surface area contributed by atoms with Crippen molar-refractivity contribution in [3.8, 4) is 0 Å². The molecule has 0 saturated heterocycles. The van der Waals surface area contributed by atoms with E-state index in [-0.39, 0.29) is 18.1 Å². The van der Waals surface area contributed by atoms with E-state index in [1.807, 2.05) is 0 Å². The van der Waals surface area contributed by atoms with Crippen LogP contribution in [0.5, 0.6) is 0 Å². The maximum absolute atomic E-state index is 11.0. The zero-order valence-electron chi connectivity index (χ0n) is 10.7. The molecular weight excluding hydrogens is 238 g/mol. The van der Waals surface area contributed by atoms with E-state index in [1.165, 1.54) is 0 Å². The highest BCUT2D eigenvalue weighted by Gasteiger charge is 2.24. The molecule has 0 atom stereocenters. The monoisotopic (exact) mass is 255 g/mol. The Morgan fingerprint density at radius 2 is 2.17 bits per heavy atom. The highest BCUT2D eigenvalue weighted by Crippen LogP contribution is 2.28. The summed E-state index contributed by atoms with van der Waals surface area (Å²) in [6.07, 6.45) is 0.519. The molecule has 1 aromatic heterocycles. The number of hydrogen-bond donors (Lipinski definition) is 2. The summed E-state index contributed by atoms with van der Waals surface area (Å²) in [7, 11) is 3.35. The van der Waals surface area contributed by atoms with E-state index in [0.29, 0.717) is 24.6 Å². The van der Waals surface area contributed by atoms with Crippen LogP contribution in [0.2, 0.25) is 0 Å². The molecule has 1 rings (SSSR count). The largest absolute Gasteiger partial charge is 0.396 e. The summed E-state index contributed by atoms with van der Waals surface area (Å²) in [5, 5.41) is 22.6. The number of nitro groups is 1. The molecule has 0 saturated carbocycles. The molecule has 0 unspecified atom stereocenters. The van der Waals surface area contributed by atoms with E-state index in [9.17, 15) is 10.1 Å². The van der Waals surface area contributed by atoms with Crippen LogP contribution in [0.4, 0.5) is 17.5 Å². The molecule has 0 spiro atoms. The summed E-state index contributed by atoms with van der Waals surface area (Å²) in [6, 6.07) is 0. The maximum Gasteiger partial charge on any atom is 0.332 e. The Morgan fingerprint density at radius 3 is 2.67 bits per heavy atom. The van der Waals surface area contributed by atoms with Crippen molar-refractivity contribution in [1.29, 1.82) is 0 Å². The second-order valence-corrected chi connectivity index (χ2v) is 3.81. The third-order valence-electron chi connectivity index (χ3n) is 2.46. The van der Waals surface area contributed by atoms with Crippen molar-refractivity contribution in [3.05, 3.63) is 15.8 Å². The molecule has 1 heterocycles. The highest BCUT2D eigenvalue weighted by atomic mass is 16.6. The first kappa shape index (κ1) is 14.1. The van der Waals surface area contributed by atoms with E-state index >= 15 is 0 Å². The zero-order chi connectivity index (χ0) is 13.7. The number of aliphatic hydroxyl groups is 1. The summed E-state index contributed by atoms with van der Waals surface area (Å²) < 4.78 is 0. The van der Waals surface area contributed by atoms with Gasteiger partial charge in [0.25, 0.3) is 0 Å². The molecule has 2 N–H and O–H groups in total. The molecule has 8 nitrogen and oxygen atoms in total. The topological polar surface area (TPSA) is 104 Å². The first-order chi connectivity index (χ1) is 8.51. The third-order valence-corrected chi connectivity index (χ3v) is 2.46. The molecule has 0 radical (unpaired) electrons. The summed E-state index contributed by atoms with van der Waals surface area (Å²) in [4.78, 5) is 20.3. The lowest BCUT2D eigenvalue weighted by atomic mass is 10.3. The van der Waals surface area contributed by atoms with Crippen molar-refractivity contribution in [2.75, 3.05) is 37.5 Å². The fraction of sp³-hybridized carbons (Fsp3) is 0.600. The van der Waals surface area contributed by atoms with Crippen molar-refractivity contribution >= 4 is 17.5 Å². The van der Waals surface area contributed by atoms with Gasteiger partial charge in [-0.15, -0.1) is 0 Å². The number of aromatic nitrogens is 2. The van der Waals surface area contributed by atoms with E-state index in [2.05, 4.69) is 15.3 Å². The molecule has 100 valence electrons. The van der Waals surface area contributed by atoms with Crippen LogP contribution in [-0.2, 0) is 0 Å². The van der Waals surface area contributed by atoms with E-state index < -0.39 is 4.92 Å². The van der Waals surface area contributed by atoms with Gasteiger partial charge in [0.05, 0.1) is 4.92 Å². The van der Waals surface area contributed by atoms with Gasteiger partial charge in [-0.05, 0) is 13.3 Å². The van der Waals surface area contributed by atoms with E-state index in [1.54, 1.807) is 25.9 Å². The van der Waals surface area contributed by atoms with Crippen molar-refractivity contribution in [1.82, 2.24) is 9.97 Å². The van der Waals surface area contributed by atoms with Crippen LogP contribution in [-0.4, -0.2) is 47.2 Å². The molecular formula is C10H17N5O3. The first-order valence-electron chi connectivity index (χ1n) is 5.54. The molecule has 1 aromatic rings. The van der Waals surface area contributed by atoms with Gasteiger partial charge in [0.15, 0.2) is 0 Å². The van der Waals surface area contributed by atoms with Crippen LogP contribution >= 0.6 is 0 Å². The zero-order valence-corrected chi connectivity index (χ0v) is 10.7. The van der Waals surface area contributed by atoms with Crippen LogP contribution < -0.4 is 10.2 Å². The van der Waals surface area contributed by atoms with Crippen molar-refractivity contribution < 1.29 is 10.0 Å². The average Bonchev–Trinajstić information content (AvgIpc) is 2.34. The minimum Gasteiger partial charge on any atom is -0.396 e. The van der Waals surface area contributed by atoms with E-state index in [4.69, 9.17) is 5.11 Å². The number of aryl methyl sites for hydroxylation is 1. The highest BCUT2D eigenvalue weighted by molar-refractivity contribution is 5.62. The fourth-order valence-corrected chi connectivity index (χ4v) is 1.56. The molecule has 0 aliphatic carbocycles. The Kier molecular flexibility index (Phi) is 4.78. The number of rotatable bonds is 6. The number of hydrogen-bond acceptors (Lipinski definition) is 7. The van der Waals surface area contributed by atoms with Gasteiger partial charge >= 0.3 is 5.69 Å². The Labute approximate surface area is 105 Å². The molecule has 0 bridgehead atoms. The van der Waals surface area contributed by atoms with E-state index in [0.717, 1.165) is 0 Å². The molecule has 0 aromatic carbocycles. The van der Waals surface area contributed by atoms with Gasteiger partial charge in [-0.3, -0.25) is 10.1 Å². The van der Waals surface area contributed by atoms with Gasteiger partial charge in [-0.1, -0.05) is 0 Å². The van der Waals surface area contributed by atoms with Gasteiger partial charge in [-0.25, -0.2) is 4.98 Å². The van der Waals surface area contributed by atoms with Crippen LogP contribution in [0.3, 0.4) is 0 Å². The minimum absolute atomic E-state index is 0.0289. The Balaban J connectivity index is 3.20. The van der Waals surface area contributed by atoms with Crippen LogP contribution in [0.1, 0.15) is 12.1 Å². The molecule has 0 amide bonds. The lowest BCUT2D eigenvalue weighted by molar-refractivity contribution is -0.385. The quantitative estimate of drug-likeness (QED) is 0.565. The minimum atomic E-state index is -0.487. The molecule has 18 heavy (non-hydrogen) atoms. The van der Waals surface area contributed by atoms with Gasteiger partial charge in [0, 0.05) is 27.2 Å². The van der Waals surface area contributed by atoms with Gasteiger partial charge in [-0.2, -0.15) is 4.98 Å². The molecule has 0 fully saturated rings. The normalized spacial score (nSPS) is 10.2. The average molecular weight is 255 g/mol. The maximum atomic E-state index is 11.0. The molecule has 8 heteroatoms. The summed E-state index contributed by atoms with van der Waals surface area (Å²) >= 11 is 0. The lowest BCUT2D eigenvalue weighted by Crippen LogP contribution is -2.23. The Hall–Kier alpha value is -1.96. The Morgan fingerprint density at radius 1 is 1.50 bits per heavy atom. The van der Waals surface area contributed by atoms with Gasteiger partial charge < -0.3 is 15.3 Å².